The maximum atomic E-state index is 13.0. The lowest BCUT2D eigenvalue weighted by Gasteiger charge is -2.31. The van der Waals surface area contributed by atoms with Crippen molar-refractivity contribution in [2.24, 2.45) is 0 Å². The Bertz CT molecular complexity index is 1060. The molecule has 1 aliphatic heterocycles. The van der Waals surface area contributed by atoms with E-state index in [1.807, 2.05) is 30.3 Å². The molecule has 0 atom stereocenters. The van der Waals surface area contributed by atoms with Crippen LogP contribution in [0.1, 0.15) is 25.7 Å². The standard InChI is InChI=1S/C24H31FN4O4S/c1-28(34(32,33)22-11-9-19(25)10-12-22)15-5-8-23(30)26-21-13-16-29(17-14-21)18-24(31)27-20-6-3-2-4-7-20/h2-4,6-7,9-12,21H,5,8,13-18H2,1H3,(H,26,30)(H,27,31). The first-order valence-corrected chi connectivity index (χ1v) is 12.8. The van der Waals surface area contributed by atoms with Crippen LogP contribution in [0.5, 0.6) is 0 Å². The van der Waals surface area contributed by atoms with E-state index in [4.69, 9.17) is 0 Å². The molecular formula is C24H31FN4O4S. The average Bonchev–Trinajstić information content (AvgIpc) is 2.81. The summed E-state index contributed by atoms with van der Waals surface area (Å²) in [5.74, 6) is -0.680. The summed E-state index contributed by atoms with van der Waals surface area (Å²) in [6, 6.07) is 14.0. The molecule has 34 heavy (non-hydrogen) atoms. The second-order valence-electron chi connectivity index (χ2n) is 8.42. The van der Waals surface area contributed by atoms with Crippen molar-refractivity contribution in [1.82, 2.24) is 14.5 Å². The van der Waals surface area contributed by atoms with Gasteiger partial charge in [-0.1, -0.05) is 18.2 Å². The van der Waals surface area contributed by atoms with Crippen molar-refractivity contribution < 1.29 is 22.4 Å². The van der Waals surface area contributed by atoms with Crippen LogP contribution >= 0.6 is 0 Å². The van der Waals surface area contributed by atoms with Gasteiger partial charge in [0.25, 0.3) is 0 Å². The molecule has 1 saturated heterocycles. The predicted octanol–water partition coefficient (Wildman–Crippen LogP) is 2.45. The van der Waals surface area contributed by atoms with Crippen LogP contribution in [0.2, 0.25) is 0 Å². The summed E-state index contributed by atoms with van der Waals surface area (Å²) in [7, 11) is -2.28. The second-order valence-corrected chi connectivity index (χ2v) is 10.5. The number of piperidine rings is 1. The third kappa shape index (κ3) is 7.61. The number of carbonyl (C=O) groups is 2. The van der Waals surface area contributed by atoms with Crippen molar-refractivity contribution in [3.63, 3.8) is 0 Å². The predicted molar refractivity (Wildman–Crippen MR) is 128 cm³/mol. The summed E-state index contributed by atoms with van der Waals surface area (Å²) >= 11 is 0. The number of anilines is 1. The van der Waals surface area contributed by atoms with Gasteiger partial charge >= 0.3 is 0 Å². The lowest BCUT2D eigenvalue weighted by atomic mass is 10.0. The minimum absolute atomic E-state index is 0.0186. The third-order valence-electron chi connectivity index (χ3n) is 5.78. The molecule has 0 aliphatic carbocycles. The molecule has 1 heterocycles. The number of likely N-dealkylation sites (tertiary alicyclic amines) is 1. The highest BCUT2D eigenvalue weighted by Crippen LogP contribution is 2.16. The fraction of sp³-hybridized carbons (Fsp3) is 0.417. The number of halogens is 1. The van der Waals surface area contributed by atoms with Gasteiger partial charge in [-0.2, -0.15) is 0 Å². The first kappa shape index (κ1) is 25.8. The van der Waals surface area contributed by atoms with E-state index < -0.39 is 15.8 Å². The molecular weight excluding hydrogens is 459 g/mol. The molecule has 10 heteroatoms. The molecule has 0 bridgehead atoms. The molecule has 8 nitrogen and oxygen atoms in total. The second kappa shape index (κ2) is 12.0. The molecule has 1 fully saturated rings. The minimum atomic E-state index is -3.72. The number of carbonyl (C=O) groups excluding carboxylic acids is 2. The SMILES string of the molecule is CN(CCCC(=O)NC1CCN(CC(=O)Nc2ccccc2)CC1)S(=O)(=O)c1ccc(F)cc1. The number of nitrogens with one attached hydrogen (secondary N) is 2. The first-order valence-electron chi connectivity index (χ1n) is 11.3. The number of sulfonamides is 1. The molecule has 0 radical (unpaired) electrons. The zero-order valence-corrected chi connectivity index (χ0v) is 20.1. The van der Waals surface area contributed by atoms with Crippen LogP contribution in [0.4, 0.5) is 10.1 Å². The Morgan fingerprint density at radius 3 is 2.32 bits per heavy atom. The molecule has 0 saturated carbocycles. The van der Waals surface area contributed by atoms with Gasteiger partial charge in [0.2, 0.25) is 21.8 Å². The van der Waals surface area contributed by atoms with Gasteiger partial charge in [-0.3, -0.25) is 14.5 Å². The molecule has 1 aliphatic rings. The fourth-order valence-corrected chi connectivity index (χ4v) is 5.04. The fourth-order valence-electron chi connectivity index (χ4n) is 3.83. The van der Waals surface area contributed by atoms with Gasteiger partial charge in [-0.05, 0) is 55.7 Å². The van der Waals surface area contributed by atoms with Crippen molar-refractivity contribution in [2.45, 2.75) is 36.6 Å². The summed E-state index contributed by atoms with van der Waals surface area (Å²) in [4.78, 5) is 26.6. The molecule has 2 aromatic rings. The summed E-state index contributed by atoms with van der Waals surface area (Å²) in [6.07, 6.45) is 2.09. The van der Waals surface area contributed by atoms with Gasteiger partial charge < -0.3 is 10.6 Å². The minimum Gasteiger partial charge on any atom is -0.353 e. The largest absolute Gasteiger partial charge is 0.353 e. The maximum absolute atomic E-state index is 13.0. The van der Waals surface area contributed by atoms with E-state index >= 15 is 0 Å². The van der Waals surface area contributed by atoms with Crippen LogP contribution in [-0.2, 0) is 19.6 Å². The molecule has 0 aromatic heterocycles. The van der Waals surface area contributed by atoms with E-state index in [-0.39, 0.29) is 35.7 Å². The molecule has 0 spiro atoms. The number of hydrogen-bond donors (Lipinski definition) is 2. The Labute approximate surface area is 200 Å². The lowest BCUT2D eigenvalue weighted by Crippen LogP contribution is -2.46. The van der Waals surface area contributed by atoms with Gasteiger partial charge in [0.15, 0.2) is 0 Å². The highest BCUT2D eigenvalue weighted by atomic mass is 32.2. The molecule has 2 aromatic carbocycles. The highest BCUT2D eigenvalue weighted by Gasteiger charge is 2.23. The number of para-hydroxylation sites is 1. The highest BCUT2D eigenvalue weighted by molar-refractivity contribution is 7.89. The number of nitrogens with zero attached hydrogens (tertiary/aromatic N) is 2. The number of hydrogen-bond acceptors (Lipinski definition) is 5. The van der Waals surface area contributed by atoms with Crippen LogP contribution in [0.15, 0.2) is 59.5 Å². The number of rotatable bonds is 10. The maximum Gasteiger partial charge on any atom is 0.242 e. The van der Waals surface area contributed by atoms with Crippen molar-refractivity contribution in [2.75, 3.05) is 38.5 Å². The van der Waals surface area contributed by atoms with Crippen LogP contribution in [0.25, 0.3) is 0 Å². The summed E-state index contributed by atoms with van der Waals surface area (Å²) in [6.45, 7) is 1.92. The molecule has 184 valence electrons. The Balaban J connectivity index is 1.33. The topological polar surface area (TPSA) is 98.8 Å². The van der Waals surface area contributed by atoms with E-state index in [9.17, 15) is 22.4 Å². The van der Waals surface area contributed by atoms with Crippen molar-refractivity contribution >= 4 is 27.5 Å². The van der Waals surface area contributed by atoms with E-state index in [1.165, 1.54) is 23.5 Å². The van der Waals surface area contributed by atoms with Crippen molar-refractivity contribution in [1.29, 1.82) is 0 Å². The van der Waals surface area contributed by atoms with Crippen LogP contribution in [0, 0.1) is 5.82 Å². The average molecular weight is 491 g/mol. The number of amides is 2. The number of benzene rings is 2. The summed E-state index contributed by atoms with van der Waals surface area (Å²) in [5.41, 5.74) is 0.769. The molecule has 3 rings (SSSR count). The van der Waals surface area contributed by atoms with Gasteiger partial charge in [0.05, 0.1) is 11.4 Å². The van der Waals surface area contributed by atoms with Gasteiger partial charge in [-0.15, -0.1) is 0 Å². The van der Waals surface area contributed by atoms with E-state index in [0.29, 0.717) is 26.1 Å². The van der Waals surface area contributed by atoms with Gasteiger partial charge in [0, 0.05) is 44.8 Å². The molecule has 2 N–H and O–H groups in total. The quantitative estimate of drug-likeness (QED) is 0.533. The Hall–Kier alpha value is -2.82. The zero-order valence-electron chi connectivity index (χ0n) is 19.2. The van der Waals surface area contributed by atoms with Crippen LogP contribution < -0.4 is 10.6 Å². The van der Waals surface area contributed by atoms with E-state index in [1.54, 1.807) is 0 Å². The molecule has 2 amide bonds. The first-order chi connectivity index (χ1) is 16.2. The normalized spacial score (nSPS) is 15.3. The zero-order chi connectivity index (χ0) is 24.6. The molecule has 0 unspecified atom stereocenters. The Morgan fingerprint density at radius 2 is 1.68 bits per heavy atom. The van der Waals surface area contributed by atoms with E-state index in [2.05, 4.69) is 15.5 Å². The lowest BCUT2D eigenvalue weighted by molar-refractivity contribution is -0.122. The van der Waals surface area contributed by atoms with Crippen molar-refractivity contribution in [3.8, 4) is 0 Å². The Morgan fingerprint density at radius 1 is 1.03 bits per heavy atom. The monoisotopic (exact) mass is 490 g/mol. The third-order valence-corrected chi connectivity index (χ3v) is 7.65. The summed E-state index contributed by atoms with van der Waals surface area (Å²) in [5, 5.41) is 5.88. The smallest absolute Gasteiger partial charge is 0.242 e. The van der Waals surface area contributed by atoms with E-state index in [0.717, 1.165) is 30.7 Å². The Kier molecular flexibility index (Phi) is 9.14. The summed E-state index contributed by atoms with van der Waals surface area (Å²) < 4.78 is 39.2. The van der Waals surface area contributed by atoms with Crippen LogP contribution in [-0.4, -0.2) is 68.7 Å². The van der Waals surface area contributed by atoms with Crippen molar-refractivity contribution in [3.05, 3.63) is 60.4 Å². The van der Waals surface area contributed by atoms with Gasteiger partial charge in [0.1, 0.15) is 5.82 Å². The van der Waals surface area contributed by atoms with Gasteiger partial charge in [-0.25, -0.2) is 17.1 Å². The van der Waals surface area contributed by atoms with Crippen LogP contribution in [0.3, 0.4) is 0 Å².